The number of hydrogen-bond donors (Lipinski definition) is 0. The van der Waals surface area contributed by atoms with Gasteiger partial charge in [-0.1, -0.05) is 13.8 Å². The minimum atomic E-state index is -0.826. The van der Waals surface area contributed by atoms with Gasteiger partial charge in [0.2, 0.25) is 0 Å². The van der Waals surface area contributed by atoms with Crippen molar-refractivity contribution in [3.05, 3.63) is 63.2 Å². The third kappa shape index (κ3) is 4.29. The van der Waals surface area contributed by atoms with Gasteiger partial charge in [0.05, 0.1) is 0 Å². The number of rotatable bonds is 2. The normalized spacial score (nSPS) is 22.8. The molecule has 0 unspecified atom stereocenters. The van der Waals surface area contributed by atoms with Crippen LogP contribution >= 0.6 is 17.0 Å². The first-order valence-electron chi connectivity index (χ1n) is 5.03. The second-order valence-electron chi connectivity index (χ2n) is 4.04. The average Bonchev–Trinajstić information content (AvgIpc) is 2.93. The van der Waals surface area contributed by atoms with Crippen molar-refractivity contribution in [2.24, 2.45) is 5.41 Å². The second kappa shape index (κ2) is 7.80. The first kappa shape index (κ1) is 15.5. The molecule has 0 aromatic heterocycles. The van der Waals surface area contributed by atoms with Crippen LogP contribution < -0.4 is 0 Å². The summed E-state index contributed by atoms with van der Waals surface area (Å²) < 4.78 is 0. The summed E-state index contributed by atoms with van der Waals surface area (Å²) in [7, 11) is 9.87. The Morgan fingerprint density at radius 1 is 0.812 bits per heavy atom. The minimum absolute atomic E-state index is 0.146. The molecule has 0 amide bonds. The molecule has 2 rings (SSSR count). The standard InChI is InChI=1S/C13H14.2ClH.Zr/c1-13(2,11-7-3-4-8-11)12-9-5-6-10-12;;;/h3-10H,1-2H3;2*1H;/q;;;+4/p-2. The van der Waals surface area contributed by atoms with E-state index in [1.807, 2.05) is 0 Å². The van der Waals surface area contributed by atoms with Crippen molar-refractivity contribution in [3.8, 4) is 0 Å². The average molecular weight is 332 g/mol. The molecule has 0 aromatic rings. The molecule has 16 heavy (non-hydrogen) atoms. The first-order valence-corrected chi connectivity index (χ1v) is 11.4. The Morgan fingerprint density at radius 3 is 1.31 bits per heavy atom. The quantitative estimate of drug-likeness (QED) is 0.711. The monoisotopic (exact) mass is 330 g/mol. The Balaban J connectivity index is 0.000000386. The van der Waals surface area contributed by atoms with Crippen molar-refractivity contribution < 1.29 is 20.8 Å². The van der Waals surface area contributed by atoms with Gasteiger partial charge in [-0.25, -0.2) is 0 Å². The van der Waals surface area contributed by atoms with Crippen molar-refractivity contribution in [1.82, 2.24) is 0 Å². The van der Waals surface area contributed by atoms with Crippen LogP contribution in [0.25, 0.3) is 0 Å². The predicted octanol–water partition coefficient (Wildman–Crippen LogP) is 4.20. The molecule has 2 fully saturated rings. The summed E-state index contributed by atoms with van der Waals surface area (Å²) in [5.41, 5.74) is 0.146. The van der Waals surface area contributed by atoms with E-state index in [2.05, 4.69) is 65.2 Å². The zero-order chi connectivity index (χ0) is 12.0. The summed E-state index contributed by atoms with van der Waals surface area (Å²) in [5.74, 6) is 2.78. The molecule has 0 nitrogen and oxygen atoms in total. The summed E-state index contributed by atoms with van der Waals surface area (Å²) in [5, 5.41) is 0. The van der Waals surface area contributed by atoms with Gasteiger partial charge in [-0.2, -0.15) is 0 Å². The summed E-state index contributed by atoms with van der Waals surface area (Å²) >= 11 is -0.826. The van der Waals surface area contributed by atoms with E-state index in [0.29, 0.717) is 0 Å². The maximum absolute atomic E-state index is 4.93. The molecule has 82 valence electrons. The van der Waals surface area contributed by atoms with Crippen LogP contribution in [-0.2, 0) is 20.8 Å². The van der Waals surface area contributed by atoms with Crippen LogP contribution in [0.3, 0.4) is 0 Å². The molecule has 3 heteroatoms. The summed E-state index contributed by atoms with van der Waals surface area (Å²) in [4.78, 5) is 0. The van der Waals surface area contributed by atoms with Crippen molar-refractivity contribution in [1.29, 1.82) is 0 Å². The molecule has 0 aromatic carbocycles. The van der Waals surface area contributed by atoms with Gasteiger partial charge >= 0.3 is 37.9 Å². The topological polar surface area (TPSA) is 0 Å². The predicted molar refractivity (Wildman–Crippen MR) is 66.4 cm³/mol. The van der Waals surface area contributed by atoms with Crippen LogP contribution in [0.1, 0.15) is 13.8 Å². The van der Waals surface area contributed by atoms with E-state index in [4.69, 9.17) is 17.0 Å². The van der Waals surface area contributed by atoms with E-state index < -0.39 is 20.8 Å². The molecule has 2 aliphatic rings. The maximum atomic E-state index is 4.93. The molecule has 2 aliphatic carbocycles. The molecule has 0 heterocycles. The van der Waals surface area contributed by atoms with Gasteiger partial charge in [0.15, 0.2) is 0 Å². The SMILES string of the molecule is CC(C)([C]1[CH][CH][CH][CH]1)[C]1[CH][CH][CH][CH]1.[Cl][Zr+2][Cl]. The molecule has 0 N–H and O–H groups in total. The van der Waals surface area contributed by atoms with Gasteiger partial charge in [-0.05, 0) is 68.6 Å². The van der Waals surface area contributed by atoms with E-state index in [1.54, 1.807) is 0 Å². The van der Waals surface area contributed by atoms with Crippen LogP contribution in [0.2, 0.25) is 0 Å². The Morgan fingerprint density at radius 2 is 1.06 bits per heavy atom. The molecule has 0 bridgehead atoms. The molecule has 0 aliphatic heterocycles. The van der Waals surface area contributed by atoms with Gasteiger partial charge < -0.3 is 0 Å². The van der Waals surface area contributed by atoms with Gasteiger partial charge in [-0.15, -0.1) is 0 Å². The van der Waals surface area contributed by atoms with Crippen molar-refractivity contribution in [2.45, 2.75) is 13.8 Å². The number of hydrogen-bond acceptors (Lipinski definition) is 0. The fraction of sp³-hybridized carbons (Fsp3) is 0.231. The Kier molecular flexibility index (Phi) is 7.57. The molecule has 0 saturated heterocycles. The van der Waals surface area contributed by atoms with Crippen molar-refractivity contribution in [3.63, 3.8) is 0 Å². The first-order chi connectivity index (χ1) is 7.62. The van der Waals surface area contributed by atoms with Crippen LogP contribution in [0.4, 0.5) is 0 Å². The summed E-state index contributed by atoms with van der Waals surface area (Å²) in [6, 6.07) is 0. The molecular weight excluding hydrogens is 318 g/mol. The fourth-order valence-corrected chi connectivity index (χ4v) is 1.75. The van der Waals surface area contributed by atoms with Crippen molar-refractivity contribution >= 4 is 17.0 Å². The molecule has 10 radical (unpaired) electrons. The molecule has 0 atom stereocenters. The molecule has 2 saturated carbocycles. The van der Waals surface area contributed by atoms with Gasteiger partial charge in [0, 0.05) is 0 Å². The zero-order valence-corrected chi connectivity index (χ0v) is 13.3. The number of halogens is 2. The Labute approximate surface area is 120 Å². The van der Waals surface area contributed by atoms with E-state index in [1.165, 1.54) is 11.8 Å². The molecular formula is C13H14Cl2Zr+2. The third-order valence-corrected chi connectivity index (χ3v) is 2.77. The Hall–Kier alpha value is 1.46. The Bertz CT molecular complexity index is 164. The van der Waals surface area contributed by atoms with Crippen molar-refractivity contribution in [2.75, 3.05) is 0 Å². The van der Waals surface area contributed by atoms with E-state index in [-0.39, 0.29) is 5.41 Å². The summed E-state index contributed by atoms with van der Waals surface area (Å²) in [6.07, 6.45) is 17.1. The van der Waals surface area contributed by atoms with E-state index in [9.17, 15) is 0 Å². The van der Waals surface area contributed by atoms with Crippen LogP contribution in [0, 0.1) is 68.6 Å². The third-order valence-electron chi connectivity index (χ3n) is 2.77. The second-order valence-corrected chi connectivity index (χ2v) is 7.78. The summed E-state index contributed by atoms with van der Waals surface area (Å²) in [6.45, 7) is 4.52. The van der Waals surface area contributed by atoms with Crippen LogP contribution in [0.15, 0.2) is 0 Å². The van der Waals surface area contributed by atoms with E-state index >= 15 is 0 Å². The van der Waals surface area contributed by atoms with Gasteiger partial charge in [-0.3, -0.25) is 0 Å². The fourth-order valence-electron chi connectivity index (χ4n) is 1.75. The van der Waals surface area contributed by atoms with E-state index in [0.717, 1.165) is 0 Å². The van der Waals surface area contributed by atoms with Gasteiger partial charge in [0.25, 0.3) is 0 Å². The zero-order valence-electron chi connectivity index (χ0n) is 9.37. The van der Waals surface area contributed by atoms with Gasteiger partial charge in [0.1, 0.15) is 0 Å². The van der Waals surface area contributed by atoms with Crippen LogP contribution in [0.5, 0.6) is 0 Å². The van der Waals surface area contributed by atoms with Crippen LogP contribution in [-0.4, -0.2) is 0 Å². The molecule has 0 spiro atoms.